The molecule has 1 aliphatic heterocycles. The number of halogens is 5. The van der Waals surface area contributed by atoms with E-state index in [2.05, 4.69) is 20.7 Å². The summed E-state index contributed by atoms with van der Waals surface area (Å²) in [6.45, 7) is -1.16. The zero-order valence-corrected chi connectivity index (χ0v) is 14.2. The number of benzene rings is 1. The molecule has 0 N–H and O–H groups in total. The molecule has 1 amide bonds. The Kier molecular flexibility index (Phi) is 6.22. The molecule has 0 fully saturated rings. The van der Waals surface area contributed by atoms with Crippen LogP contribution in [0.25, 0.3) is 5.70 Å². The molecule has 1 aliphatic rings. The number of hydrogen-bond acceptors (Lipinski definition) is 3. The standard InChI is InChI=1S/C15H14BrF4NO3/c1-23-7-24-8-4-10(17)14(11(18)5-8)12-3-2-9(16)15(22)21(12)6-13(19)20/h3-5,9,13H,2,6-7H2,1H3. The largest absolute Gasteiger partial charge is 0.467 e. The Morgan fingerprint density at radius 1 is 1.33 bits per heavy atom. The number of rotatable bonds is 6. The zero-order chi connectivity index (χ0) is 17.9. The molecule has 9 heteroatoms. The molecule has 1 atom stereocenters. The number of nitrogens with zero attached hydrogens (tertiary/aromatic N) is 1. The topological polar surface area (TPSA) is 38.8 Å². The van der Waals surface area contributed by atoms with Crippen LogP contribution in [0, 0.1) is 11.6 Å². The van der Waals surface area contributed by atoms with Crippen LogP contribution in [0.15, 0.2) is 18.2 Å². The van der Waals surface area contributed by atoms with Crippen LogP contribution in [0.4, 0.5) is 17.6 Å². The molecule has 0 saturated heterocycles. The van der Waals surface area contributed by atoms with E-state index >= 15 is 0 Å². The number of amides is 1. The first-order valence-electron chi connectivity index (χ1n) is 6.90. The summed E-state index contributed by atoms with van der Waals surface area (Å²) in [5.41, 5.74) is -0.766. The van der Waals surface area contributed by atoms with Gasteiger partial charge in [-0.3, -0.25) is 4.79 Å². The fourth-order valence-corrected chi connectivity index (χ4v) is 2.72. The van der Waals surface area contributed by atoms with E-state index in [0.29, 0.717) is 4.90 Å². The SMILES string of the molecule is COCOc1cc(F)c(C2=CCC(Br)C(=O)N2CC(F)F)c(F)c1. The van der Waals surface area contributed by atoms with Crippen molar-refractivity contribution in [3.8, 4) is 5.75 Å². The Bertz CT molecular complexity index is 631. The molecule has 0 aliphatic carbocycles. The van der Waals surface area contributed by atoms with Crippen LogP contribution in [-0.2, 0) is 9.53 Å². The number of hydrogen-bond donors (Lipinski definition) is 0. The van der Waals surface area contributed by atoms with Crippen LogP contribution in [0.5, 0.6) is 5.75 Å². The highest BCUT2D eigenvalue weighted by atomic mass is 79.9. The number of alkyl halides is 3. The van der Waals surface area contributed by atoms with Crippen molar-refractivity contribution < 1.29 is 31.8 Å². The van der Waals surface area contributed by atoms with Gasteiger partial charge in [-0.05, 0) is 6.42 Å². The Hall–Kier alpha value is -1.61. The van der Waals surface area contributed by atoms with Crippen molar-refractivity contribution in [3.63, 3.8) is 0 Å². The summed E-state index contributed by atoms with van der Waals surface area (Å²) in [5, 5.41) is 0. The second-order valence-electron chi connectivity index (χ2n) is 4.95. The summed E-state index contributed by atoms with van der Waals surface area (Å²) in [6, 6.07) is 1.81. The highest BCUT2D eigenvalue weighted by Gasteiger charge is 2.33. The van der Waals surface area contributed by atoms with Gasteiger partial charge in [0.25, 0.3) is 6.43 Å². The van der Waals surface area contributed by atoms with Crippen LogP contribution < -0.4 is 4.74 Å². The maximum Gasteiger partial charge on any atom is 0.256 e. The lowest BCUT2D eigenvalue weighted by atomic mass is 10.0. The minimum absolute atomic E-state index is 0.114. The lowest BCUT2D eigenvalue weighted by molar-refractivity contribution is -0.129. The van der Waals surface area contributed by atoms with Crippen molar-refractivity contribution >= 4 is 27.5 Å². The first-order valence-corrected chi connectivity index (χ1v) is 7.81. The highest BCUT2D eigenvalue weighted by Crippen LogP contribution is 2.34. The zero-order valence-electron chi connectivity index (χ0n) is 12.6. The minimum Gasteiger partial charge on any atom is -0.467 e. The third-order valence-electron chi connectivity index (χ3n) is 3.28. The third kappa shape index (κ3) is 4.07. The van der Waals surface area contributed by atoms with E-state index in [1.165, 1.54) is 13.2 Å². The Balaban J connectivity index is 2.42. The number of allylic oxidation sites excluding steroid dienone is 1. The molecule has 24 heavy (non-hydrogen) atoms. The van der Waals surface area contributed by atoms with E-state index in [1.807, 2.05) is 0 Å². The summed E-state index contributed by atoms with van der Waals surface area (Å²) >= 11 is 3.06. The second-order valence-corrected chi connectivity index (χ2v) is 6.05. The number of methoxy groups -OCH3 is 1. The smallest absolute Gasteiger partial charge is 0.256 e. The first kappa shape index (κ1) is 18.7. The second kappa shape index (κ2) is 7.98. The van der Waals surface area contributed by atoms with Crippen LogP contribution in [0.1, 0.15) is 12.0 Å². The monoisotopic (exact) mass is 411 g/mol. The fraction of sp³-hybridized carbons (Fsp3) is 0.400. The Morgan fingerprint density at radius 2 is 1.96 bits per heavy atom. The van der Waals surface area contributed by atoms with Gasteiger partial charge >= 0.3 is 0 Å². The van der Waals surface area contributed by atoms with Crippen molar-refractivity contribution in [2.75, 3.05) is 20.4 Å². The molecular weight excluding hydrogens is 398 g/mol. The third-order valence-corrected chi connectivity index (χ3v) is 4.04. The van der Waals surface area contributed by atoms with E-state index in [4.69, 9.17) is 4.74 Å². The van der Waals surface area contributed by atoms with Gasteiger partial charge in [-0.1, -0.05) is 22.0 Å². The van der Waals surface area contributed by atoms with E-state index in [0.717, 1.165) is 12.1 Å². The predicted octanol–water partition coefficient (Wildman–Crippen LogP) is 3.55. The maximum absolute atomic E-state index is 14.3. The van der Waals surface area contributed by atoms with E-state index in [9.17, 15) is 22.4 Å². The van der Waals surface area contributed by atoms with Gasteiger partial charge in [-0.2, -0.15) is 0 Å². The van der Waals surface area contributed by atoms with Crippen molar-refractivity contribution in [3.05, 3.63) is 35.4 Å². The molecule has 132 valence electrons. The lowest BCUT2D eigenvalue weighted by Gasteiger charge is -2.31. The van der Waals surface area contributed by atoms with Crippen LogP contribution in [-0.4, -0.2) is 42.5 Å². The molecule has 1 unspecified atom stereocenters. The molecule has 1 heterocycles. The normalized spacial score (nSPS) is 18.1. The van der Waals surface area contributed by atoms with Crippen molar-refractivity contribution in [1.29, 1.82) is 0 Å². The van der Waals surface area contributed by atoms with Gasteiger partial charge in [-0.25, -0.2) is 17.6 Å². The van der Waals surface area contributed by atoms with Crippen molar-refractivity contribution in [1.82, 2.24) is 4.90 Å². The molecule has 2 rings (SSSR count). The molecule has 4 nitrogen and oxygen atoms in total. The molecule has 1 aromatic carbocycles. The van der Waals surface area contributed by atoms with Gasteiger partial charge in [0.2, 0.25) is 5.91 Å². The molecule has 1 aromatic rings. The maximum atomic E-state index is 14.3. The Morgan fingerprint density at radius 3 is 2.50 bits per heavy atom. The highest BCUT2D eigenvalue weighted by molar-refractivity contribution is 9.10. The molecule has 0 saturated carbocycles. The predicted molar refractivity (Wildman–Crippen MR) is 81.9 cm³/mol. The van der Waals surface area contributed by atoms with E-state index in [1.54, 1.807) is 0 Å². The number of carbonyl (C=O) groups is 1. The molecule has 0 spiro atoms. The minimum atomic E-state index is -2.84. The van der Waals surface area contributed by atoms with E-state index in [-0.39, 0.29) is 24.7 Å². The van der Waals surface area contributed by atoms with Crippen LogP contribution >= 0.6 is 15.9 Å². The van der Waals surface area contributed by atoms with Crippen LogP contribution in [0.2, 0.25) is 0 Å². The Labute approximate surface area is 144 Å². The number of ether oxygens (including phenoxy) is 2. The fourth-order valence-electron chi connectivity index (χ4n) is 2.28. The average Bonchev–Trinajstić information content (AvgIpc) is 2.51. The van der Waals surface area contributed by atoms with Crippen LogP contribution in [0.3, 0.4) is 0 Å². The molecule has 0 aromatic heterocycles. The lowest BCUT2D eigenvalue weighted by Crippen LogP contribution is -2.41. The summed E-state index contributed by atoms with van der Waals surface area (Å²) in [7, 11) is 1.35. The van der Waals surface area contributed by atoms with Gasteiger partial charge in [0, 0.05) is 19.2 Å². The first-order chi connectivity index (χ1) is 11.3. The summed E-state index contributed by atoms with van der Waals surface area (Å²) in [5.74, 6) is -2.83. The molecule has 0 bridgehead atoms. The average molecular weight is 412 g/mol. The van der Waals surface area contributed by atoms with E-state index < -0.39 is 40.9 Å². The summed E-state index contributed by atoms with van der Waals surface area (Å²) in [6.07, 6.45) is -1.36. The molecular formula is C15H14BrF4NO3. The quantitative estimate of drug-likeness (QED) is 0.408. The van der Waals surface area contributed by atoms with Gasteiger partial charge in [-0.15, -0.1) is 0 Å². The van der Waals surface area contributed by atoms with Crippen molar-refractivity contribution in [2.45, 2.75) is 17.7 Å². The van der Waals surface area contributed by atoms with Gasteiger partial charge < -0.3 is 14.4 Å². The van der Waals surface area contributed by atoms with Gasteiger partial charge in [0.05, 0.1) is 22.6 Å². The van der Waals surface area contributed by atoms with Gasteiger partial charge in [0.15, 0.2) is 6.79 Å². The summed E-state index contributed by atoms with van der Waals surface area (Å²) < 4.78 is 63.7. The van der Waals surface area contributed by atoms with Crippen molar-refractivity contribution in [2.24, 2.45) is 0 Å². The number of carbonyl (C=O) groups excluding carboxylic acids is 1. The summed E-state index contributed by atoms with van der Waals surface area (Å²) in [4.78, 5) is 12.1. The van der Waals surface area contributed by atoms with Gasteiger partial charge in [0.1, 0.15) is 17.4 Å². The molecule has 0 radical (unpaired) electrons.